The van der Waals surface area contributed by atoms with Gasteiger partial charge in [-0.25, -0.2) is 4.98 Å². The van der Waals surface area contributed by atoms with E-state index in [2.05, 4.69) is 14.7 Å². The van der Waals surface area contributed by atoms with Crippen LogP contribution in [0.4, 0.5) is 4.39 Å². The summed E-state index contributed by atoms with van der Waals surface area (Å²) in [5, 5.41) is 0. The molecule has 5 nitrogen and oxygen atoms in total. The number of aromatic nitrogens is 2. The Morgan fingerprint density at radius 1 is 1.75 bits per heavy atom. The zero-order valence-electron chi connectivity index (χ0n) is 5.91. The van der Waals surface area contributed by atoms with Crippen LogP contribution in [-0.4, -0.2) is 16.4 Å². The molecule has 1 N–H and O–H groups in total. The Hall–Kier alpha value is -1.72. The van der Waals surface area contributed by atoms with Crippen molar-refractivity contribution in [2.24, 2.45) is 0 Å². The first kappa shape index (κ1) is 8.38. The third kappa shape index (κ3) is 1.88. The maximum Gasteiger partial charge on any atom is 0.293 e. The zero-order valence-corrected chi connectivity index (χ0v) is 5.91. The van der Waals surface area contributed by atoms with Gasteiger partial charge in [0.25, 0.3) is 12.0 Å². The number of hydrogen-bond donors (Lipinski definition) is 1. The number of carbonyl (C=O) groups excluding carboxylic acids is 1. The first-order valence-electron chi connectivity index (χ1n) is 3.03. The smallest absolute Gasteiger partial charge is 0.293 e. The maximum atomic E-state index is 12.3. The number of aromatic amines is 1. The van der Waals surface area contributed by atoms with Gasteiger partial charge in [-0.1, -0.05) is 0 Å². The summed E-state index contributed by atoms with van der Waals surface area (Å²) in [5.41, 5.74) is -0.736. The highest BCUT2D eigenvalue weighted by Gasteiger charge is 2.02. The fourth-order valence-electron chi connectivity index (χ4n) is 0.631. The molecule has 1 rings (SSSR count). The third-order valence-electron chi connectivity index (χ3n) is 1.11. The van der Waals surface area contributed by atoms with E-state index in [1.807, 2.05) is 0 Å². The Morgan fingerprint density at radius 3 is 3.17 bits per heavy atom. The highest BCUT2D eigenvalue weighted by Crippen LogP contribution is 1.90. The van der Waals surface area contributed by atoms with E-state index in [0.29, 0.717) is 0 Å². The summed E-state index contributed by atoms with van der Waals surface area (Å²) >= 11 is 0. The van der Waals surface area contributed by atoms with E-state index < -0.39 is 11.5 Å². The van der Waals surface area contributed by atoms with Crippen LogP contribution in [0.25, 0.3) is 0 Å². The second-order valence-electron chi connectivity index (χ2n) is 1.91. The van der Waals surface area contributed by atoms with Crippen molar-refractivity contribution in [2.45, 2.75) is 6.61 Å². The Balaban J connectivity index is 2.89. The summed E-state index contributed by atoms with van der Waals surface area (Å²) in [7, 11) is 0. The molecule has 0 bridgehead atoms. The fraction of sp³-hybridized carbons (Fsp3) is 0.167. The minimum Gasteiger partial charge on any atom is -0.461 e. The number of nitrogens with zero attached hydrogens (tertiary/aromatic N) is 1. The van der Waals surface area contributed by atoms with Gasteiger partial charge in [0, 0.05) is 0 Å². The van der Waals surface area contributed by atoms with Gasteiger partial charge in [0.15, 0.2) is 0 Å². The lowest BCUT2D eigenvalue weighted by molar-refractivity contribution is -0.129. The highest BCUT2D eigenvalue weighted by molar-refractivity contribution is 5.36. The fourth-order valence-corrected chi connectivity index (χ4v) is 0.631. The minimum absolute atomic E-state index is 0.159. The lowest BCUT2D eigenvalue weighted by atomic mass is 10.5. The Morgan fingerprint density at radius 2 is 2.50 bits per heavy atom. The molecule has 0 spiro atoms. The molecule has 0 aliphatic rings. The van der Waals surface area contributed by atoms with E-state index in [0.717, 1.165) is 6.20 Å². The number of hydrogen-bond acceptors (Lipinski definition) is 4. The molecule has 0 unspecified atom stereocenters. The van der Waals surface area contributed by atoms with Crippen molar-refractivity contribution < 1.29 is 13.9 Å². The first-order chi connectivity index (χ1) is 5.74. The molecule has 12 heavy (non-hydrogen) atoms. The summed E-state index contributed by atoms with van der Waals surface area (Å²) in [6.07, 6.45) is 0.826. The standard InChI is InChI=1S/C6H5FN2O3/c7-5-1-8-6(11)4(9-5)2-12-3-10/h1,3H,2H2,(H,8,11). The molecular formula is C6H5FN2O3. The molecule has 0 radical (unpaired) electrons. The van der Waals surface area contributed by atoms with Crippen molar-refractivity contribution in [3.63, 3.8) is 0 Å². The number of carbonyl (C=O) groups is 1. The van der Waals surface area contributed by atoms with Gasteiger partial charge in [0.2, 0.25) is 5.95 Å². The second-order valence-corrected chi connectivity index (χ2v) is 1.91. The van der Waals surface area contributed by atoms with Gasteiger partial charge in [0.05, 0.1) is 6.20 Å². The van der Waals surface area contributed by atoms with Crippen LogP contribution in [0, 0.1) is 5.95 Å². The lowest BCUT2D eigenvalue weighted by Gasteiger charge is -1.95. The molecule has 0 atom stereocenters. The normalized spacial score (nSPS) is 9.42. The van der Waals surface area contributed by atoms with Crippen LogP contribution in [-0.2, 0) is 16.1 Å². The van der Waals surface area contributed by atoms with Crippen LogP contribution in [0.5, 0.6) is 0 Å². The largest absolute Gasteiger partial charge is 0.461 e. The lowest BCUT2D eigenvalue weighted by Crippen LogP contribution is -2.16. The second kappa shape index (κ2) is 3.61. The zero-order chi connectivity index (χ0) is 8.97. The minimum atomic E-state index is -0.820. The third-order valence-corrected chi connectivity index (χ3v) is 1.11. The maximum absolute atomic E-state index is 12.3. The predicted octanol–water partition coefficient (Wildman–Crippen LogP) is -0.418. The van der Waals surface area contributed by atoms with Crippen LogP contribution in [0.15, 0.2) is 11.0 Å². The van der Waals surface area contributed by atoms with E-state index in [-0.39, 0.29) is 18.8 Å². The highest BCUT2D eigenvalue weighted by atomic mass is 19.1. The van der Waals surface area contributed by atoms with E-state index in [1.165, 1.54) is 0 Å². The molecule has 0 aliphatic heterocycles. The number of rotatable bonds is 3. The van der Waals surface area contributed by atoms with Crippen molar-refractivity contribution in [3.05, 3.63) is 28.2 Å². The Kier molecular flexibility index (Phi) is 2.52. The molecule has 1 heterocycles. The molecule has 0 fully saturated rings. The quantitative estimate of drug-likeness (QED) is 0.628. The van der Waals surface area contributed by atoms with Gasteiger partial charge in [-0.2, -0.15) is 4.39 Å². The van der Waals surface area contributed by atoms with Crippen LogP contribution < -0.4 is 5.56 Å². The topological polar surface area (TPSA) is 72.0 Å². The van der Waals surface area contributed by atoms with Crippen LogP contribution in [0.2, 0.25) is 0 Å². The first-order valence-corrected chi connectivity index (χ1v) is 3.03. The van der Waals surface area contributed by atoms with E-state index >= 15 is 0 Å². The van der Waals surface area contributed by atoms with Crippen molar-refractivity contribution in [3.8, 4) is 0 Å². The summed E-state index contributed by atoms with van der Waals surface area (Å²) in [4.78, 5) is 25.8. The molecule has 64 valence electrons. The number of halogens is 1. The molecule has 1 aromatic rings. The SMILES string of the molecule is O=COCc1nc(F)c[nH]c1=O. The molecular weight excluding hydrogens is 167 g/mol. The van der Waals surface area contributed by atoms with Crippen molar-refractivity contribution in [1.29, 1.82) is 0 Å². The molecule has 1 aromatic heterocycles. The van der Waals surface area contributed by atoms with E-state index in [1.54, 1.807) is 0 Å². The average molecular weight is 172 g/mol. The summed E-state index contributed by atoms with van der Waals surface area (Å²) in [6, 6.07) is 0. The van der Waals surface area contributed by atoms with Crippen molar-refractivity contribution in [2.75, 3.05) is 0 Å². The summed E-state index contributed by atoms with van der Waals surface area (Å²) in [6.45, 7) is -0.164. The van der Waals surface area contributed by atoms with Crippen molar-refractivity contribution in [1.82, 2.24) is 9.97 Å². The average Bonchev–Trinajstić information content (AvgIpc) is 2.07. The molecule has 0 amide bonds. The number of H-pyrrole nitrogens is 1. The molecule has 0 saturated carbocycles. The van der Waals surface area contributed by atoms with E-state index in [9.17, 15) is 14.0 Å². The van der Waals surface area contributed by atoms with Gasteiger partial charge in [0.1, 0.15) is 12.3 Å². The Labute approximate surface area is 66.2 Å². The van der Waals surface area contributed by atoms with Gasteiger partial charge >= 0.3 is 0 Å². The van der Waals surface area contributed by atoms with Crippen LogP contribution >= 0.6 is 0 Å². The summed E-state index contributed by atoms with van der Waals surface area (Å²) in [5.74, 6) is -0.820. The van der Waals surface area contributed by atoms with Gasteiger partial charge in [-0.3, -0.25) is 9.59 Å². The molecule has 6 heteroatoms. The van der Waals surface area contributed by atoms with Gasteiger partial charge < -0.3 is 9.72 Å². The number of ether oxygens (including phenoxy) is 1. The van der Waals surface area contributed by atoms with Gasteiger partial charge in [-0.05, 0) is 0 Å². The predicted molar refractivity (Wildman–Crippen MR) is 35.7 cm³/mol. The molecule has 0 aliphatic carbocycles. The van der Waals surface area contributed by atoms with Gasteiger partial charge in [-0.15, -0.1) is 0 Å². The Bertz CT molecular complexity index is 336. The van der Waals surface area contributed by atoms with Crippen molar-refractivity contribution >= 4 is 6.47 Å². The van der Waals surface area contributed by atoms with Crippen LogP contribution in [0.3, 0.4) is 0 Å². The molecule has 0 aromatic carbocycles. The van der Waals surface area contributed by atoms with Crippen LogP contribution in [0.1, 0.15) is 5.69 Å². The monoisotopic (exact) mass is 172 g/mol. The van der Waals surface area contributed by atoms with E-state index in [4.69, 9.17) is 0 Å². The summed E-state index contributed by atoms with van der Waals surface area (Å²) < 4.78 is 16.6. The molecule has 0 saturated heterocycles. The number of nitrogens with one attached hydrogen (secondary N) is 1.